The summed E-state index contributed by atoms with van der Waals surface area (Å²) in [5, 5.41) is 8.93. The Labute approximate surface area is 117 Å². The van der Waals surface area contributed by atoms with Crippen molar-refractivity contribution >= 4 is 16.0 Å². The number of carbonyl (C=O) groups excluding carboxylic acids is 1. The molecule has 9 heteroatoms. The maximum absolute atomic E-state index is 12.5. The number of hydrogen-bond donors (Lipinski definition) is 2. The number of aromatic nitrogens is 2. The van der Waals surface area contributed by atoms with Crippen LogP contribution in [-0.4, -0.2) is 61.7 Å². The lowest BCUT2D eigenvalue weighted by molar-refractivity contribution is 0.0521. The summed E-state index contributed by atoms with van der Waals surface area (Å²) >= 11 is 0. The van der Waals surface area contributed by atoms with E-state index in [-0.39, 0.29) is 23.2 Å². The fraction of sp³-hybridized carbons (Fsp3) is 0.636. The van der Waals surface area contributed by atoms with Gasteiger partial charge in [0.1, 0.15) is 5.56 Å². The number of nitrogens with one attached hydrogen (secondary N) is 2. The van der Waals surface area contributed by atoms with Gasteiger partial charge in [-0.3, -0.25) is 5.10 Å². The Morgan fingerprint density at radius 1 is 1.60 bits per heavy atom. The maximum Gasteiger partial charge on any atom is 0.342 e. The van der Waals surface area contributed by atoms with Crippen molar-refractivity contribution < 1.29 is 17.9 Å². The fourth-order valence-corrected chi connectivity index (χ4v) is 3.56. The van der Waals surface area contributed by atoms with Gasteiger partial charge in [-0.2, -0.15) is 9.40 Å². The van der Waals surface area contributed by atoms with Crippen LogP contribution in [0.1, 0.15) is 23.7 Å². The number of rotatable bonds is 5. The number of nitrogens with zero attached hydrogens (tertiary/aromatic N) is 2. The van der Waals surface area contributed by atoms with Gasteiger partial charge in [0.15, 0.2) is 5.03 Å². The average Bonchev–Trinajstić information content (AvgIpc) is 3.09. The summed E-state index contributed by atoms with van der Waals surface area (Å²) in [4.78, 5) is 11.7. The van der Waals surface area contributed by atoms with Crippen LogP contribution in [-0.2, 0) is 14.8 Å². The highest BCUT2D eigenvalue weighted by molar-refractivity contribution is 7.89. The molecule has 112 valence electrons. The lowest BCUT2D eigenvalue weighted by Crippen LogP contribution is -2.39. The van der Waals surface area contributed by atoms with Gasteiger partial charge in [0.2, 0.25) is 0 Å². The van der Waals surface area contributed by atoms with E-state index in [9.17, 15) is 13.2 Å². The van der Waals surface area contributed by atoms with Crippen LogP contribution in [0.3, 0.4) is 0 Å². The summed E-state index contributed by atoms with van der Waals surface area (Å²) < 4.78 is 31.2. The smallest absolute Gasteiger partial charge is 0.342 e. The molecule has 0 spiro atoms. The molecule has 0 bridgehead atoms. The van der Waals surface area contributed by atoms with Crippen molar-refractivity contribution in [3.05, 3.63) is 11.8 Å². The molecule has 2 N–H and O–H groups in total. The molecule has 1 fully saturated rings. The van der Waals surface area contributed by atoms with Crippen LogP contribution in [0.5, 0.6) is 0 Å². The van der Waals surface area contributed by atoms with Crippen molar-refractivity contribution in [2.75, 3.05) is 26.7 Å². The van der Waals surface area contributed by atoms with Gasteiger partial charge >= 0.3 is 5.97 Å². The number of hydrogen-bond acceptors (Lipinski definition) is 6. The Morgan fingerprint density at radius 3 is 2.95 bits per heavy atom. The normalized spacial score (nSPS) is 19.4. The molecule has 0 radical (unpaired) electrons. The first-order chi connectivity index (χ1) is 9.48. The first-order valence-electron chi connectivity index (χ1n) is 6.37. The van der Waals surface area contributed by atoms with Crippen LogP contribution in [0, 0.1) is 0 Å². The molecule has 1 aliphatic rings. The van der Waals surface area contributed by atoms with E-state index in [1.165, 1.54) is 17.5 Å². The molecule has 2 heterocycles. The van der Waals surface area contributed by atoms with Crippen molar-refractivity contribution in [2.24, 2.45) is 0 Å². The predicted octanol–water partition coefficient (Wildman–Crippen LogP) is -0.431. The number of sulfonamides is 1. The summed E-state index contributed by atoms with van der Waals surface area (Å²) in [7, 11) is -2.30. The lowest BCUT2D eigenvalue weighted by atomic mass is 10.3. The zero-order valence-corrected chi connectivity index (χ0v) is 12.2. The van der Waals surface area contributed by atoms with Crippen molar-refractivity contribution in [1.29, 1.82) is 0 Å². The van der Waals surface area contributed by atoms with E-state index in [0.29, 0.717) is 6.54 Å². The molecule has 1 unspecified atom stereocenters. The highest BCUT2D eigenvalue weighted by Crippen LogP contribution is 2.21. The molecule has 20 heavy (non-hydrogen) atoms. The van der Waals surface area contributed by atoms with Crippen molar-refractivity contribution in [3.8, 4) is 0 Å². The standard InChI is InChI=1S/C11H18N4O4S/c1-3-19-11(16)9-7-13-14-10(9)20(17,18)15(2)8-4-5-12-6-8/h7-8,12H,3-6H2,1-2H3,(H,13,14). The minimum absolute atomic E-state index is 0.0651. The zero-order chi connectivity index (χ0) is 14.8. The van der Waals surface area contributed by atoms with Crippen molar-refractivity contribution in [2.45, 2.75) is 24.4 Å². The van der Waals surface area contributed by atoms with E-state index in [0.717, 1.165) is 13.0 Å². The summed E-state index contributed by atoms with van der Waals surface area (Å²) in [6, 6.07) is -0.127. The summed E-state index contributed by atoms with van der Waals surface area (Å²) in [6.07, 6.45) is 1.91. The molecular weight excluding hydrogens is 284 g/mol. The first kappa shape index (κ1) is 14.9. The highest BCUT2D eigenvalue weighted by atomic mass is 32.2. The van der Waals surface area contributed by atoms with E-state index in [4.69, 9.17) is 4.74 Å². The topological polar surface area (TPSA) is 104 Å². The number of likely N-dealkylation sites (N-methyl/N-ethyl adjacent to an activating group) is 1. The minimum Gasteiger partial charge on any atom is -0.462 e. The Hall–Kier alpha value is -1.45. The largest absolute Gasteiger partial charge is 0.462 e. The van der Waals surface area contributed by atoms with Crippen LogP contribution >= 0.6 is 0 Å². The molecule has 0 amide bonds. The molecule has 1 aromatic heterocycles. The van der Waals surface area contributed by atoms with E-state index in [1.807, 2.05) is 0 Å². The molecule has 1 aromatic rings. The third kappa shape index (κ3) is 2.69. The maximum atomic E-state index is 12.5. The van der Waals surface area contributed by atoms with Gasteiger partial charge in [0.05, 0.1) is 12.8 Å². The zero-order valence-electron chi connectivity index (χ0n) is 11.4. The quantitative estimate of drug-likeness (QED) is 0.715. The third-order valence-corrected chi connectivity index (χ3v) is 5.17. The molecule has 0 saturated carbocycles. The van der Waals surface area contributed by atoms with Gasteiger partial charge in [0.25, 0.3) is 10.0 Å². The molecule has 1 saturated heterocycles. The van der Waals surface area contributed by atoms with Gasteiger partial charge in [-0.15, -0.1) is 0 Å². The molecule has 0 aliphatic carbocycles. The van der Waals surface area contributed by atoms with E-state index in [2.05, 4.69) is 15.5 Å². The van der Waals surface area contributed by atoms with Gasteiger partial charge < -0.3 is 10.1 Å². The number of aromatic amines is 1. The van der Waals surface area contributed by atoms with Gasteiger partial charge in [0, 0.05) is 19.6 Å². The molecule has 8 nitrogen and oxygen atoms in total. The van der Waals surface area contributed by atoms with Gasteiger partial charge in [-0.25, -0.2) is 13.2 Å². The Balaban J connectivity index is 2.30. The van der Waals surface area contributed by atoms with Gasteiger partial charge in [-0.05, 0) is 19.9 Å². The summed E-state index contributed by atoms with van der Waals surface area (Å²) in [6.45, 7) is 3.20. The Morgan fingerprint density at radius 2 is 2.35 bits per heavy atom. The molecule has 1 aliphatic heterocycles. The number of ether oxygens (including phenoxy) is 1. The van der Waals surface area contributed by atoms with Crippen molar-refractivity contribution in [3.63, 3.8) is 0 Å². The number of esters is 1. The average molecular weight is 302 g/mol. The Bertz CT molecular complexity index is 577. The van der Waals surface area contributed by atoms with Crippen LogP contribution in [0.15, 0.2) is 11.2 Å². The second-order valence-corrected chi connectivity index (χ2v) is 6.44. The van der Waals surface area contributed by atoms with Gasteiger partial charge in [-0.1, -0.05) is 0 Å². The third-order valence-electron chi connectivity index (χ3n) is 3.29. The second-order valence-electron chi connectivity index (χ2n) is 4.50. The Kier molecular flexibility index (Phi) is 4.41. The van der Waals surface area contributed by atoms with E-state index in [1.54, 1.807) is 6.92 Å². The number of H-pyrrole nitrogens is 1. The summed E-state index contributed by atoms with van der Waals surface area (Å²) in [5.41, 5.74) is -0.0651. The molecule has 0 aromatic carbocycles. The SMILES string of the molecule is CCOC(=O)c1cn[nH]c1S(=O)(=O)N(C)C1CCNC1. The summed E-state index contributed by atoms with van der Waals surface area (Å²) in [5.74, 6) is -0.697. The van der Waals surface area contributed by atoms with Crippen LogP contribution in [0.4, 0.5) is 0 Å². The molecular formula is C11H18N4O4S. The van der Waals surface area contributed by atoms with Crippen LogP contribution in [0.2, 0.25) is 0 Å². The van der Waals surface area contributed by atoms with E-state index < -0.39 is 16.0 Å². The predicted molar refractivity (Wildman–Crippen MR) is 70.8 cm³/mol. The monoisotopic (exact) mass is 302 g/mol. The fourth-order valence-electron chi connectivity index (χ4n) is 2.12. The number of carbonyl (C=O) groups is 1. The first-order valence-corrected chi connectivity index (χ1v) is 7.81. The molecule has 2 rings (SSSR count). The minimum atomic E-state index is -3.80. The second kappa shape index (κ2) is 5.90. The lowest BCUT2D eigenvalue weighted by Gasteiger charge is -2.22. The molecule has 1 atom stereocenters. The van der Waals surface area contributed by atoms with Crippen LogP contribution < -0.4 is 5.32 Å². The van der Waals surface area contributed by atoms with E-state index >= 15 is 0 Å². The van der Waals surface area contributed by atoms with Crippen molar-refractivity contribution in [1.82, 2.24) is 19.8 Å². The highest BCUT2D eigenvalue weighted by Gasteiger charge is 2.34. The van der Waals surface area contributed by atoms with Crippen LogP contribution in [0.25, 0.3) is 0 Å².